The zero-order valence-electron chi connectivity index (χ0n) is 10.1. The summed E-state index contributed by atoms with van der Waals surface area (Å²) in [6.45, 7) is 6.30. The van der Waals surface area contributed by atoms with Gasteiger partial charge in [0, 0.05) is 18.1 Å². The molecule has 2 aromatic rings. The second-order valence-corrected chi connectivity index (χ2v) is 4.96. The van der Waals surface area contributed by atoms with Gasteiger partial charge in [-0.1, -0.05) is 17.7 Å². The maximum atomic E-state index is 4.68. The first-order valence-electron chi connectivity index (χ1n) is 5.31. The molecule has 2 nitrogen and oxygen atoms in total. The summed E-state index contributed by atoms with van der Waals surface area (Å²) in [6, 6.07) is 6.35. The highest BCUT2D eigenvalue weighted by atomic mass is 32.1. The number of aryl methyl sites for hydroxylation is 3. The van der Waals surface area contributed by atoms with Gasteiger partial charge in [0.15, 0.2) is 4.80 Å². The van der Waals surface area contributed by atoms with Crippen LogP contribution in [-0.2, 0) is 7.05 Å². The van der Waals surface area contributed by atoms with E-state index in [1.165, 1.54) is 16.8 Å². The standard InChI is InChI=1S/C13H16N2S/c1-9-5-6-12(10(2)7-9)14-13-15(4)11(3)8-16-13/h5-8H,1-4H3. The number of rotatable bonds is 1. The van der Waals surface area contributed by atoms with E-state index in [0.717, 1.165) is 10.5 Å². The molecule has 0 spiro atoms. The summed E-state index contributed by atoms with van der Waals surface area (Å²) in [5, 5.41) is 2.13. The molecule has 0 atom stereocenters. The number of nitrogens with zero attached hydrogens (tertiary/aromatic N) is 2. The molecule has 0 fully saturated rings. The Hall–Kier alpha value is -1.35. The third-order valence-electron chi connectivity index (χ3n) is 2.72. The predicted molar refractivity (Wildman–Crippen MR) is 69.2 cm³/mol. The summed E-state index contributed by atoms with van der Waals surface area (Å²) in [5.74, 6) is 0. The number of hydrogen-bond acceptors (Lipinski definition) is 2. The van der Waals surface area contributed by atoms with Crippen LogP contribution in [0.2, 0.25) is 0 Å². The molecule has 0 radical (unpaired) electrons. The molecular weight excluding hydrogens is 216 g/mol. The molecule has 1 aromatic heterocycles. The van der Waals surface area contributed by atoms with E-state index in [9.17, 15) is 0 Å². The lowest BCUT2D eigenvalue weighted by atomic mass is 10.1. The van der Waals surface area contributed by atoms with E-state index in [1.54, 1.807) is 11.3 Å². The van der Waals surface area contributed by atoms with Crippen LogP contribution in [0.4, 0.5) is 5.69 Å². The molecular formula is C13H16N2S. The number of thiazole rings is 1. The monoisotopic (exact) mass is 232 g/mol. The van der Waals surface area contributed by atoms with E-state index < -0.39 is 0 Å². The normalized spacial score (nSPS) is 12.1. The Morgan fingerprint density at radius 2 is 1.94 bits per heavy atom. The third-order valence-corrected chi connectivity index (χ3v) is 3.75. The molecule has 0 amide bonds. The number of aromatic nitrogens is 1. The highest BCUT2D eigenvalue weighted by Gasteiger charge is 1.99. The topological polar surface area (TPSA) is 17.3 Å². The van der Waals surface area contributed by atoms with Gasteiger partial charge in [-0.25, -0.2) is 4.99 Å². The van der Waals surface area contributed by atoms with Gasteiger partial charge in [0.2, 0.25) is 0 Å². The van der Waals surface area contributed by atoms with Crippen LogP contribution < -0.4 is 4.80 Å². The van der Waals surface area contributed by atoms with Gasteiger partial charge in [-0.2, -0.15) is 0 Å². The lowest BCUT2D eigenvalue weighted by molar-refractivity contribution is 0.834. The summed E-state index contributed by atoms with van der Waals surface area (Å²) in [5.41, 5.74) is 4.81. The third kappa shape index (κ3) is 2.09. The molecule has 0 saturated heterocycles. The highest BCUT2D eigenvalue weighted by Crippen LogP contribution is 2.18. The van der Waals surface area contributed by atoms with Crippen molar-refractivity contribution in [3.63, 3.8) is 0 Å². The van der Waals surface area contributed by atoms with Gasteiger partial charge in [-0.05, 0) is 32.4 Å². The molecule has 0 bridgehead atoms. The van der Waals surface area contributed by atoms with E-state index >= 15 is 0 Å². The van der Waals surface area contributed by atoms with Crippen molar-refractivity contribution in [2.45, 2.75) is 20.8 Å². The fraction of sp³-hybridized carbons (Fsp3) is 0.308. The van der Waals surface area contributed by atoms with Crippen molar-refractivity contribution < 1.29 is 0 Å². The van der Waals surface area contributed by atoms with Crippen LogP contribution in [-0.4, -0.2) is 4.57 Å². The molecule has 0 N–H and O–H groups in total. The fourth-order valence-corrected chi connectivity index (χ4v) is 2.47. The first kappa shape index (κ1) is 11.1. The molecule has 0 aliphatic heterocycles. The molecule has 84 valence electrons. The smallest absolute Gasteiger partial charge is 0.189 e. The Bertz CT molecular complexity index is 576. The number of hydrogen-bond donors (Lipinski definition) is 0. The second kappa shape index (κ2) is 4.26. The van der Waals surface area contributed by atoms with Crippen molar-refractivity contribution >= 4 is 17.0 Å². The second-order valence-electron chi connectivity index (χ2n) is 4.12. The first-order valence-corrected chi connectivity index (χ1v) is 6.19. The molecule has 0 aliphatic rings. The van der Waals surface area contributed by atoms with Crippen LogP contribution in [0.1, 0.15) is 16.8 Å². The Morgan fingerprint density at radius 3 is 2.50 bits per heavy atom. The van der Waals surface area contributed by atoms with Gasteiger partial charge >= 0.3 is 0 Å². The van der Waals surface area contributed by atoms with Crippen molar-refractivity contribution in [1.82, 2.24) is 4.57 Å². The van der Waals surface area contributed by atoms with Gasteiger partial charge in [0.1, 0.15) is 0 Å². The minimum absolute atomic E-state index is 1.05. The van der Waals surface area contributed by atoms with Crippen molar-refractivity contribution in [3.8, 4) is 0 Å². The zero-order chi connectivity index (χ0) is 11.7. The first-order chi connectivity index (χ1) is 7.58. The summed E-state index contributed by atoms with van der Waals surface area (Å²) in [4.78, 5) is 5.73. The van der Waals surface area contributed by atoms with Gasteiger partial charge in [0.05, 0.1) is 5.69 Å². The summed E-state index contributed by atoms with van der Waals surface area (Å²) in [7, 11) is 2.05. The molecule has 2 rings (SSSR count). The van der Waals surface area contributed by atoms with E-state index in [4.69, 9.17) is 0 Å². The lowest BCUT2D eigenvalue weighted by Gasteiger charge is -2.01. The minimum Gasteiger partial charge on any atom is -0.324 e. The quantitative estimate of drug-likeness (QED) is 0.718. The largest absolute Gasteiger partial charge is 0.324 e. The van der Waals surface area contributed by atoms with Crippen molar-refractivity contribution in [2.24, 2.45) is 12.0 Å². The molecule has 1 aromatic carbocycles. The van der Waals surface area contributed by atoms with Crippen LogP contribution in [0.3, 0.4) is 0 Å². The summed E-state index contributed by atoms with van der Waals surface area (Å²) >= 11 is 1.68. The van der Waals surface area contributed by atoms with Crippen molar-refractivity contribution in [3.05, 3.63) is 45.2 Å². The zero-order valence-corrected chi connectivity index (χ0v) is 10.9. The number of benzene rings is 1. The molecule has 0 aliphatic carbocycles. The maximum Gasteiger partial charge on any atom is 0.189 e. The molecule has 1 heterocycles. The average Bonchev–Trinajstić information content (AvgIpc) is 2.54. The maximum absolute atomic E-state index is 4.68. The SMILES string of the molecule is Cc1ccc(N=c2scc(C)n2C)c(C)c1. The van der Waals surface area contributed by atoms with Gasteiger partial charge < -0.3 is 4.57 Å². The van der Waals surface area contributed by atoms with Crippen LogP contribution in [0.5, 0.6) is 0 Å². The van der Waals surface area contributed by atoms with Crippen LogP contribution in [0.15, 0.2) is 28.6 Å². The van der Waals surface area contributed by atoms with Gasteiger partial charge in [0.25, 0.3) is 0 Å². The van der Waals surface area contributed by atoms with E-state index in [-0.39, 0.29) is 0 Å². The Balaban J connectivity index is 2.55. The fourth-order valence-electron chi connectivity index (χ4n) is 1.58. The average molecular weight is 232 g/mol. The molecule has 0 saturated carbocycles. The van der Waals surface area contributed by atoms with Gasteiger partial charge in [-0.3, -0.25) is 0 Å². The Labute approximate surface area is 99.9 Å². The highest BCUT2D eigenvalue weighted by molar-refractivity contribution is 7.07. The summed E-state index contributed by atoms with van der Waals surface area (Å²) in [6.07, 6.45) is 0. The molecule has 0 unspecified atom stereocenters. The minimum atomic E-state index is 1.05. The van der Waals surface area contributed by atoms with Crippen LogP contribution in [0.25, 0.3) is 0 Å². The lowest BCUT2D eigenvalue weighted by Crippen LogP contribution is -2.10. The molecule has 16 heavy (non-hydrogen) atoms. The van der Waals surface area contributed by atoms with E-state index in [2.05, 4.69) is 53.9 Å². The van der Waals surface area contributed by atoms with Gasteiger partial charge in [-0.15, -0.1) is 11.3 Å². The van der Waals surface area contributed by atoms with E-state index in [1.807, 2.05) is 7.05 Å². The van der Waals surface area contributed by atoms with Crippen molar-refractivity contribution in [1.29, 1.82) is 0 Å². The van der Waals surface area contributed by atoms with Crippen LogP contribution in [0, 0.1) is 20.8 Å². The van der Waals surface area contributed by atoms with Crippen molar-refractivity contribution in [2.75, 3.05) is 0 Å². The Kier molecular flexibility index (Phi) is 2.97. The summed E-state index contributed by atoms with van der Waals surface area (Å²) < 4.78 is 2.12. The molecule has 3 heteroatoms. The Morgan fingerprint density at radius 1 is 1.19 bits per heavy atom. The van der Waals surface area contributed by atoms with E-state index in [0.29, 0.717) is 0 Å². The predicted octanol–water partition coefficient (Wildman–Crippen LogP) is 3.24. The van der Waals surface area contributed by atoms with Crippen LogP contribution >= 0.6 is 11.3 Å².